The quantitative estimate of drug-likeness (QED) is 0.632. The van der Waals surface area contributed by atoms with E-state index in [1.807, 2.05) is 13.8 Å². The first-order valence-corrected chi connectivity index (χ1v) is 8.83. The lowest BCUT2D eigenvalue weighted by molar-refractivity contribution is -0.184. The van der Waals surface area contributed by atoms with E-state index in [-0.39, 0.29) is 23.0 Å². The largest absolute Gasteiger partial charge is 0.478 e. The van der Waals surface area contributed by atoms with E-state index in [1.54, 1.807) is 24.3 Å². The second-order valence-electron chi connectivity index (χ2n) is 6.79. The molecule has 2 aliphatic rings. The van der Waals surface area contributed by atoms with Gasteiger partial charge >= 0.3 is 23.9 Å². The third-order valence-electron chi connectivity index (χ3n) is 4.33. The molecular formula is C20H22O8. The molecule has 28 heavy (non-hydrogen) atoms. The molecule has 0 bridgehead atoms. The van der Waals surface area contributed by atoms with Gasteiger partial charge in [0.1, 0.15) is 0 Å². The standard InChI is InChI=1S/C20H22O8/c1-11-3-7-13(8-4-11)19(25)27-15(17(21)22)16(18(23)24)28-20(26)14-9-5-12(2)6-10-14/h3,5,7-12,15-16H,4,6H2,1-2H3,(H,21,22)(H,23,24)/t11?,12?,15-,16-/m0/s1. The summed E-state index contributed by atoms with van der Waals surface area (Å²) in [5.74, 6) is -5.02. The monoisotopic (exact) mass is 390 g/mol. The molecule has 2 unspecified atom stereocenters. The molecule has 0 spiro atoms. The van der Waals surface area contributed by atoms with Gasteiger partial charge in [-0.2, -0.15) is 0 Å². The second-order valence-corrected chi connectivity index (χ2v) is 6.79. The third-order valence-corrected chi connectivity index (χ3v) is 4.33. The van der Waals surface area contributed by atoms with Crippen LogP contribution < -0.4 is 0 Å². The van der Waals surface area contributed by atoms with Crippen LogP contribution in [0.25, 0.3) is 0 Å². The van der Waals surface area contributed by atoms with Crippen LogP contribution in [0.4, 0.5) is 0 Å². The predicted molar refractivity (Wildman–Crippen MR) is 97.0 cm³/mol. The fraction of sp³-hybridized carbons (Fsp3) is 0.400. The number of carbonyl (C=O) groups excluding carboxylic acids is 2. The Kier molecular flexibility index (Phi) is 6.92. The minimum atomic E-state index is -2.19. The van der Waals surface area contributed by atoms with Crippen LogP contribution in [0, 0.1) is 11.8 Å². The Bertz CT molecular complexity index is 720. The highest BCUT2D eigenvalue weighted by Crippen LogP contribution is 2.20. The predicted octanol–water partition coefficient (Wildman–Crippen LogP) is 2.02. The average Bonchev–Trinajstić information content (AvgIpc) is 2.64. The maximum absolute atomic E-state index is 12.2. The summed E-state index contributed by atoms with van der Waals surface area (Å²) in [6.07, 6.45) is 6.38. The molecule has 0 saturated carbocycles. The summed E-state index contributed by atoms with van der Waals surface area (Å²) in [6.45, 7) is 3.87. The molecule has 2 rings (SSSR count). The van der Waals surface area contributed by atoms with Gasteiger partial charge in [-0.1, -0.05) is 50.3 Å². The molecule has 0 radical (unpaired) electrons. The van der Waals surface area contributed by atoms with Crippen LogP contribution in [0.15, 0.2) is 47.6 Å². The van der Waals surface area contributed by atoms with Gasteiger partial charge < -0.3 is 19.7 Å². The molecule has 0 amide bonds. The van der Waals surface area contributed by atoms with Crippen molar-refractivity contribution in [3.8, 4) is 0 Å². The lowest BCUT2D eigenvalue weighted by Gasteiger charge is -2.22. The second kappa shape index (κ2) is 9.16. The summed E-state index contributed by atoms with van der Waals surface area (Å²) in [5, 5.41) is 18.7. The zero-order valence-electron chi connectivity index (χ0n) is 15.5. The Morgan fingerprint density at radius 2 is 1.18 bits per heavy atom. The van der Waals surface area contributed by atoms with Crippen molar-refractivity contribution >= 4 is 23.9 Å². The number of carboxylic acids is 2. The Labute approximate surface area is 161 Å². The number of allylic oxidation sites excluding steroid dienone is 4. The van der Waals surface area contributed by atoms with Gasteiger partial charge in [-0.3, -0.25) is 0 Å². The van der Waals surface area contributed by atoms with Crippen LogP contribution in [-0.4, -0.2) is 46.3 Å². The average molecular weight is 390 g/mol. The molecule has 150 valence electrons. The minimum Gasteiger partial charge on any atom is -0.478 e. The first-order valence-electron chi connectivity index (χ1n) is 8.83. The number of carboxylic acid groups (broad SMARTS) is 2. The normalized spacial score (nSPS) is 23.1. The number of hydrogen-bond acceptors (Lipinski definition) is 6. The maximum Gasteiger partial charge on any atom is 0.349 e. The van der Waals surface area contributed by atoms with E-state index in [9.17, 15) is 29.4 Å². The van der Waals surface area contributed by atoms with Crippen LogP contribution in [0.2, 0.25) is 0 Å². The van der Waals surface area contributed by atoms with Crippen molar-refractivity contribution in [2.45, 2.75) is 38.9 Å². The van der Waals surface area contributed by atoms with E-state index in [2.05, 4.69) is 0 Å². The number of carbonyl (C=O) groups is 4. The van der Waals surface area contributed by atoms with E-state index in [4.69, 9.17) is 9.47 Å². The van der Waals surface area contributed by atoms with Gasteiger partial charge in [-0.15, -0.1) is 0 Å². The van der Waals surface area contributed by atoms with E-state index in [0.29, 0.717) is 12.8 Å². The van der Waals surface area contributed by atoms with Gasteiger partial charge in [-0.25, -0.2) is 19.2 Å². The highest BCUT2D eigenvalue weighted by Gasteiger charge is 2.41. The van der Waals surface area contributed by atoms with Gasteiger partial charge in [0.25, 0.3) is 0 Å². The molecule has 4 atom stereocenters. The summed E-state index contributed by atoms with van der Waals surface area (Å²) in [5.41, 5.74) is 0.235. The van der Waals surface area contributed by atoms with Crippen molar-refractivity contribution in [2.24, 2.45) is 11.8 Å². The lowest BCUT2D eigenvalue weighted by Crippen LogP contribution is -2.46. The molecular weight excluding hydrogens is 368 g/mol. The molecule has 0 fully saturated rings. The summed E-state index contributed by atoms with van der Waals surface area (Å²) >= 11 is 0. The van der Waals surface area contributed by atoms with Gasteiger partial charge in [0, 0.05) is 0 Å². The summed E-state index contributed by atoms with van der Waals surface area (Å²) in [4.78, 5) is 47.5. The van der Waals surface area contributed by atoms with Crippen molar-refractivity contribution in [3.05, 3.63) is 47.6 Å². The van der Waals surface area contributed by atoms with Crippen molar-refractivity contribution in [1.82, 2.24) is 0 Å². The van der Waals surface area contributed by atoms with Crippen LogP contribution in [0.3, 0.4) is 0 Å². The molecule has 0 aromatic rings. The van der Waals surface area contributed by atoms with E-state index in [1.165, 1.54) is 12.2 Å². The number of hydrogen-bond donors (Lipinski definition) is 2. The fourth-order valence-corrected chi connectivity index (χ4v) is 2.61. The SMILES string of the molecule is CC1C=CC(C(=O)O[C@H](C(=O)O)[C@H](OC(=O)C2=CCC(C)C=C2)C(=O)O)=CC1. The first kappa shape index (κ1) is 21.1. The summed E-state index contributed by atoms with van der Waals surface area (Å²) < 4.78 is 9.72. The molecule has 2 aliphatic carbocycles. The maximum atomic E-state index is 12.2. The van der Waals surface area contributed by atoms with Gasteiger partial charge in [0.2, 0.25) is 12.2 Å². The van der Waals surface area contributed by atoms with Crippen molar-refractivity contribution in [1.29, 1.82) is 0 Å². The smallest absolute Gasteiger partial charge is 0.349 e. The fourth-order valence-electron chi connectivity index (χ4n) is 2.61. The first-order chi connectivity index (χ1) is 13.2. The molecule has 0 aliphatic heterocycles. The van der Waals surface area contributed by atoms with Crippen LogP contribution >= 0.6 is 0 Å². The molecule has 8 nitrogen and oxygen atoms in total. The molecule has 0 heterocycles. The Balaban J connectivity index is 2.13. The van der Waals surface area contributed by atoms with Gasteiger partial charge in [0.15, 0.2) is 0 Å². The van der Waals surface area contributed by atoms with Crippen molar-refractivity contribution < 1.29 is 38.9 Å². The Hall–Kier alpha value is -3.16. The van der Waals surface area contributed by atoms with Gasteiger partial charge in [-0.05, 0) is 24.7 Å². The van der Waals surface area contributed by atoms with Crippen molar-refractivity contribution in [3.63, 3.8) is 0 Å². The summed E-state index contributed by atoms with van der Waals surface area (Å²) in [6, 6.07) is 0. The molecule has 8 heteroatoms. The van der Waals surface area contributed by atoms with Gasteiger partial charge in [0.05, 0.1) is 11.1 Å². The topological polar surface area (TPSA) is 127 Å². The Morgan fingerprint density at radius 1 is 0.821 bits per heavy atom. The van der Waals surface area contributed by atoms with Crippen molar-refractivity contribution in [2.75, 3.05) is 0 Å². The molecule has 0 aromatic heterocycles. The number of esters is 2. The zero-order valence-corrected chi connectivity index (χ0v) is 15.5. The highest BCUT2D eigenvalue weighted by atomic mass is 16.6. The highest BCUT2D eigenvalue weighted by molar-refractivity contribution is 5.96. The van der Waals surface area contributed by atoms with Crippen LogP contribution in [0.1, 0.15) is 26.7 Å². The molecule has 0 saturated heterocycles. The van der Waals surface area contributed by atoms with E-state index >= 15 is 0 Å². The minimum absolute atomic E-state index is 0.117. The number of aliphatic carboxylic acids is 2. The number of ether oxygens (including phenoxy) is 2. The number of rotatable bonds is 7. The molecule has 2 N–H and O–H groups in total. The molecule has 0 aromatic carbocycles. The van der Waals surface area contributed by atoms with Crippen LogP contribution in [-0.2, 0) is 28.7 Å². The zero-order chi connectivity index (χ0) is 20.8. The van der Waals surface area contributed by atoms with Crippen LogP contribution in [0.5, 0.6) is 0 Å². The summed E-state index contributed by atoms with van der Waals surface area (Å²) in [7, 11) is 0. The third kappa shape index (κ3) is 5.42. The van der Waals surface area contributed by atoms with E-state index in [0.717, 1.165) is 0 Å². The Morgan fingerprint density at radius 3 is 1.43 bits per heavy atom. The lowest BCUT2D eigenvalue weighted by atomic mass is 9.98. The van der Waals surface area contributed by atoms with E-state index < -0.39 is 36.1 Å².